The number of benzene rings is 1. The molecule has 0 bridgehead atoms. The molecule has 1 rings (SSSR count). The minimum absolute atomic E-state index is 0.0314. The standard InChI is InChI=1S/C24H35NO11/c1-6-16(4)15-34-22(27)33-12-11-25-18(21(26)30-5)13-17-9-10-19(35-23(28)31-7-2)20(14-17)36-24(29)32-8-3/h9-10,14,16,18,25H,6-8,11-13,15H2,1-5H3/t16?,18-/m0/s1. The van der Waals surface area contributed by atoms with Gasteiger partial charge in [0.1, 0.15) is 12.6 Å². The van der Waals surface area contributed by atoms with Crippen LogP contribution in [0.25, 0.3) is 0 Å². The third kappa shape index (κ3) is 11.7. The summed E-state index contributed by atoms with van der Waals surface area (Å²) in [5.74, 6) is -0.507. The number of ether oxygens (including phenoxy) is 7. The summed E-state index contributed by atoms with van der Waals surface area (Å²) in [6.45, 7) is 7.71. The molecule has 1 N–H and O–H groups in total. The van der Waals surface area contributed by atoms with Crippen LogP contribution in [0.15, 0.2) is 18.2 Å². The zero-order valence-corrected chi connectivity index (χ0v) is 21.3. The van der Waals surface area contributed by atoms with E-state index < -0.39 is 30.5 Å². The summed E-state index contributed by atoms with van der Waals surface area (Å²) in [4.78, 5) is 47.5. The van der Waals surface area contributed by atoms with Crippen molar-refractivity contribution in [2.45, 2.75) is 46.6 Å². The molecule has 0 aromatic heterocycles. The second-order valence-corrected chi connectivity index (χ2v) is 7.51. The van der Waals surface area contributed by atoms with Crippen molar-refractivity contribution in [1.29, 1.82) is 0 Å². The van der Waals surface area contributed by atoms with E-state index in [9.17, 15) is 19.2 Å². The summed E-state index contributed by atoms with van der Waals surface area (Å²) in [5.41, 5.74) is 0.544. The Morgan fingerprint density at radius 3 is 2.08 bits per heavy atom. The van der Waals surface area contributed by atoms with Gasteiger partial charge in [0.25, 0.3) is 0 Å². The Morgan fingerprint density at radius 1 is 0.861 bits per heavy atom. The zero-order chi connectivity index (χ0) is 26.9. The number of hydrogen-bond acceptors (Lipinski definition) is 12. The zero-order valence-electron chi connectivity index (χ0n) is 21.3. The maximum absolute atomic E-state index is 12.3. The Labute approximate surface area is 210 Å². The molecular formula is C24H35NO11. The summed E-state index contributed by atoms with van der Waals surface area (Å²) < 4.78 is 34.6. The van der Waals surface area contributed by atoms with Crippen molar-refractivity contribution in [2.75, 3.05) is 40.1 Å². The molecule has 2 atom stereocenters. The number of carbonyl (C=O) groups is 4. The van der Waals surface area contributed by atoms with Crippen LogP contribution in [0.1, 0.15) is 39.7 Å². The first-order chi connectivity index (χ1) is 17.2. The predicted molar refractivity (Wildman–Crippen MR) is 126 cm³/mol. The van der Waals surface area contributed by atoms with Crippen LogP contribution in [0.2, 0.25) is 0 Å². The average Bonchev–Trinajstić information content (AvgIpc) is 2.85. The van der Waals surface area contributed by atoms with Crippen LogP contribution in [0.3, 0.4) is 0 Å². The van der Waals surface area contributed by atoms with Crippen LogP contribution in [-0.4, -0.2) is 70.6 Å². The molecule has 202 valence electrons. The number of rotatable bonds is 14. The minimum Gasteiger partial charge on any atom is -0.468 e. The molecule has 0 heterocycles. The van der Waals surface area contributed by atoms with Gasteiger partial charge in [-0.15, -0.1) is 0 Å². The molecule has 0 aliphatic rings. The fourth-order valence-electron chi connectivity index (χ4n) is 2.67. The molecule has 12 heteroatoms. The second-order valence-electron chi connectivity index (χ2n) is 7.51. The molecular weight excluding hydrogens is 478 g/mol. The third-order valence-corrected chi connectivity index (χ3v) is 4.74. The Bertz CT molecular complexity index is 858. The lowest BCUT2D eigenvalue weighted by molar-refractivity contribution is -0.143. The van der Waals surface area contributed by atoms with Crippen LogP contribution in [0.5, 0.6) is 11.5 Å². The molecule has 0 saturated heterocycles. The first-order valence-corrected chi connectivity index (χ1v) is 11.7. The largest absolute Gasteiger partial charge is 0.513 e. The Hall–Kier alpha value is -3.54. The van der Waals surface area contributed by atoms with E-state index in [1.54, 1.807) is 19.9 Å². The van der Waals surface area contributed by atoms with Crippen molar-refractivity contribution >= 4 is 24.4 Å². The molecule has 0 aliphatic carbocycles. The molecule has 0 radical (unpaired) electrons. The van der Waals surface area contributed by atoms with E-state index in [0.717, 1.165) is 6.42 Å². The van der Waals surface area contributed by atoms with E-state index in [-0.39, 0.29) is 56.8 Å². The van der Waals surface area contributed by atoms with Crippen LogP contribution >= 0.6 is 0 Å². The van der Waals surface area contributed by atoms with Crippen LogP contribution in [-0.2, 0) is 34.9 Å². The van der Waals surface area contributed by atoms with Gasteiger partial charge in [0, 0.05) is 6.54 Å². The van der Waals surface area contributed by atoms with Crippen molar-refractivity contribution in [1.82, 2.24) is 5.32 Å². The van der Waals surface area contributed by atoms with E-state index in [0.29, 0.717) is 5.56 Å². The maximum atomic E-state index is 12.3. The lowest BCUT2D eigenvalue weighted by Crippen LogP contribution is -2.41. The first kappa shape index (κ1) is 30.5. The minimum atomic E-state index is -0.997. The molecule has 36 heavy (non-hydrogen) atoms. The molecule has 0 aliphatic heterocycles. The van der Waals surface area contributed by atoms with Crippen molar-refractivity contribution in [3.63, 3.8) is 0 Å². The van der Waals surface area contributed by atoms with Crippen molar-refractivity contribution < 1.29 is 52.3 Å². The van der Waals surface area contributed by atoms with E-state index >= 15 is 0 Å². The molecule has 0 spiro atoms. The van der Waals surface area contributed by atoms with Gasteiger partial charge in [-0.2, -0.15) is 0 Å². The van der Waals surface area contributed by atoms with E-state index in [2.05, 4.69) is 5.32 Å². The maximum Gasteiger partial charge on any atom is 0.513 e. The van der Waals surface area contributed by atoms with Gasteiger partial charge in [0.2, 0.25) is 0 Å². The molecule has 0 fully saturated rings. The topological polar surface area (TPSA) is 145 Å². The Morgan fingerprint density at radius 2 is 1.50 bits per heavy atom. The van der Waals surface area contributed by atoms with Crippen molar-refractivity contribution in [3.8, 4) is 11.5 Å². The third-order valence-electron chi connectivity index (χ3n) is 4.74. The number of nitrogens with one attached hydrogen (secondary N) is 1. The summed E-state index contributed by atoms with van der Waals surface area (Å²) in [5, 5.41) is 2.95. The van der Waals surface area contributed by atoms with Gasteiger partial charge >= 0.3 is 24.4 Å². The molecule has 1 aromatic rings. The normalized spacial score (nSPS) is 12.0. The summed E-state index contributed by atoms with van der Waals surface area (Å²) >= 11 is 0. The van der Waals surface area contributed by atoms with Crippen molar-refractivity contribution in [2.24, 2.45) is 5.92 Å². The van der Waals surface area contributed by atoms with Gasteiger partial charge in [0.15, 0.2) is 11.5 Å². The van der Waals surface area contributed by atoms with Gasteiger partial charge in [-0.05, 0) is 43.9 Å². The fourth-order valence-corrected chi connectivity index (χ4v) is 2.67. The lowest BCUT2D eigenvalue weighted by Gasteiger charge is -2.18. The summed E-state index contributed by atoms with van der Waals surface area (Å²) in [6, 6.07) is 3.58. The van der Waals surface area contributed by atoms with Gasteiger partial charge in [-0.1, -0.05) is 26.3 Å². The van der Waals surface area contributed by atoms with Crippen LogP contribution in [0, 0.1) is 5.92 Å². The fraction of sp³-hybridized carbons (Fsp3) is 0.583. The van der Waals surface area contributed by atoms with E-state index in [1.807, 2.05) is 13.8 Å². The van der Waals surface area contributed by atoms with Gasteiger partial charge < -0.3 is 38.5 Å². The highest BCUT2D eigenvalue weighted by molar-refractivity contribution is 5.76. The SMILES string of the molecule is CCOC(=O)Oc1ccc(C[C@H](NCCOC(=O)OCC(C)CC)C(=O)OC)cc1OC(=O)OCC. The highest BCUT2D eigenvalue weighted by Crippen LogP contribution is 2.30. The molecule has 12 nitrogen and oxygen atoms in total. The van der Waals surface area contributed by atoms with Gasteiger partial charge in [0.05, 0.1) is 26.9 Å². The summed E-state index contributed by atoms with van der Waals surface area (Å²) in [7, 11) is 1.24. The lowest BCUT2D eigenvalue weighted by atomic mass is 10.1. The second kappa shape index (κ2) is 17.0. The molecule has 1 aromatic carbocycles. The predicted octanol–water partition coefficient (Wildman–Crippen LogP) is 3.63. The van der Waals surface area contributed by atoms with Gasteiger partial charge in [-0.3, -0.25) is 4.79 Å². The number of methoxy groups -OCH3 is 1. The Kier molecular flexibility index (Phi) is 14.4. The number of esters is 1. The highest BCUT2D eigenvalue weighted by Gasteiger charge is 2.22. The first-order valence-electron chi connectivity index (χ1n) is 11.7. The molecule has 0 saturated carbocycles. The quantitative estimate of drug-likeness (QED) is 0.168. The highest BCUT2D eigenvalue weighted by atomic mass is 16.7. The molecule has 1 unspecified atom stereocenters. The monoisotopic (exact) mass is 513 g/mol. The van der Waals surface area contributed by atoms with Crippen molar-refractivity contribution in [3.05, 3.63) is 23.8 Å². The average molecular weight is 514 g/mol. The molecule has 0 amide bonds. The number of carbonyl (C=O) groups excluding carboxylic acids is 4. The van der Waals surface area contributed by atoms with Crippen LogP contribution in [0.4, 0.5) is 14.4 Å². The Balaban J connectivity index is 2.84. The summed E-state index contributed by atoms with van der Waals surface area (Å²) in [6.07, 6.45) is -1.77. The van der Waals surface area contributed by atoms with Crippen LogP contribution < -0.4 is 14.8 Å². The van der Waals surface area contributed by atoms with E-state index in [4.69, 9.17) is 33.2 Å². The smallest absolute Gasteiger partial charge is 0.468 e. The number of hydrogen-bond donors (Lipinski definition) is 1. The van der Waals surface area contributed by atoms with Gasteiger partial charge in [-0.25, -0.2) is 14.4 Å². The van der Waals surface area contributed by atoms with E-state index in [1.165, 1.54) is 19.2 Å².